The van der Waals surface area contributed by atoms with Gasteiger partial charge in [0.25, 0.3) is 0 Å². The fraction of sp³-hybridized carbons (Fsp3) is 0.143. The summed E-state index contributed by atoms with van der Waals surface area (Å²) in [6.45, 7) is 0. The van der Waals surface area contributed by atoms with E-state index in [1.165, 1.54) is 36.4 Å². The van der Waals surface area contributed by atoms with E-state index in [4.69, 9.17) is 8.83 Å². The smallest absolute Gasteiger partial charge is 0.417 e. The first-order valence-electron chi connectivity index (χ1n) is 17.2. The maximum absolute atomic E-state index is 14.6. The number of hydrogen-bond donors (Lipinski definition) is 0. The molecule has 0 N–H and O–H groups in total. The number of alkyl halides is 12. The lowest BCUT2D eigenvalue weighted by atomic mass is 9.86. The molecule has 20 heteroatoms. The van der Waals surface area contributed by atoms with Crippen LogP contribution in [-0.2, 0) is 24.7 Å². The molecule has 0 unspecified atom stereocenters. The summed E-state index contributed by atoms with van der Waals surface area (Å²) in [5, 5.41) is 39.2. The molecule has 0 aliphatic carbocycles. The average molecular weight is 865 g/mol. The normalized spacial score (nSPS) is 12.4. The highest BCUT2D eigenvalue weighted by atomic mass is 19.4. The van der Waals surface area contributed by atoms with E-state index in [1.807, 2.05) is 0 Å². The van der Waals surface area contributed by atoms with Crippen LogP contribution in [0.3, 0.4) is 0 Å². The van der Waals surface area contributed by atoms with E-state index in [1.54, 1.807) is 24.3 Å². The summed E-state index contributed by atoms with van der Waals surface area (Å²) >= 11 is 0. The second-order valence-electron chi connectivity index (χ2n) is 13.2. The van der Waals surface area contributed by atoms with Crippen LogP contribution >= 0.6 is 0 Å². The molecule has 0 atom stereocenters. The van der Waals surface area contributed by atoms with E-state index in [0.717, 1.165) is 12.1 Å². The van der Waals surface area contributed by atoms with Gasteiger partial charge in [0, 0.05) is 0 Å². The molecule has 2 aromatic heterocycles. The first-order valence-corrected chi connectivity index (χ1v) is 17.2. The molecule has 0 radical (unpaired) electrons. The molecular formula is C42H16F12N6O2. The zero-order valence-electron chi connectivity index (χ0n) is 30.3. The van der Waals surface area contributed by atoms with E-state index >= 15 is 0 Å². The number of aromatic nitrogens is 2. The van der Waals surface area contributed by atoms with Crippen molar-refractivity contribution in [3.8, 4) is 68.8 Å². The lowest BCUT2D eigenvalue weighted by Gasteiger charge is -2.19. The molecule has 0 spiro atoms. The van der Waals surface area contributed by atoms with Crippen molar-refractivity contribution in [1.29, 1.82) is 21.0 Å². The maximum Gasteiger partial charge on any atom is 0.417 e. The van der Waals surface area contributed by atoms with E-state index in [9.17, 15) is 73.7 Å². The molecule has 8 nitrogen and oxygen atoms in total. The second kappa shape index (κ2) is 15.0. The van der Waals surface area contributed by atoms with E-state index in [2.05, 4.69) is 9.97 Å². The van der Waals surface area contributed by atoms with Crippen LogP contribution in [-0.4, -0.2) is 9.97 Å². The van der Waals surface area contributed by atoms with Gasteiger partial charge in [0.15, 0.2) is 11.2 Å². The summed E-state index contributed by atoms with van der Waals surface area (Å²) in [5.74, 6) is -4.97. The van der Waals surface area contributed by atoms with Crippen LogP contribution in [0.15, 0.2) is 93.8 Å². The van der Waals surface area contributed by atoms with Gasteiger partial charge in [-0.3, -0.25) is 0 Å². The number of oxazole rings is 2. The molecule has 0 aliphatic rings. The number of nitrogens with zero attached hydrogens (tertiary/aromatic N) is 6. The highest BCUT2D eigenvalue weighted by Gasteiger charge is 2.41. The highest BCUT2D eigenvalue weighted by Crippen LogP contribution is 2.52. The van der Waals surface area contributed by atoms with Crippen LogP contribution in [0, 0.1) is 45.3 Å². The number of benzene rings is 5. The van der Waals surface area contributed by atoms with Crippen LogP contribution in [0.25, 0.3) is 66.7 Å². The molecule has 0 saturated heterocycles. The number of fused-ring (bicyclic) bond motifs is 2. The van der Waals surface area contributed by atoms with Gasteiger partial charge in [-0.1, -0.05) is 60.7 Å². The van der Waals surface area contributed by atoms with Crippen molar-refractivity contribution >= 4 is 22.2 Å². The molecule has 2 heterocycles. The fourth-order valence-electron chi connectivity index (χ4n) is 6.84. The highest BCUT2D eigenvalue weighted by molar-refractivity contribution is 6.18. The molecular weight excluding hydrogens is 848 g/mol. The Labute approximate surface area is 338 Å². The minimum atomic E-state index is -5.39. The first-order chi connectivity index (χ1) is 29.1. The van der Waals surface area contributed by atoms with Crippen LogP contribution in [0.2, 0.25) is 0 Å². The zero-order valence-corrected chi connectivity index (χ0v) is 30.3. The van der Waals surface area contributed by atoms with Crippen molar-refractivity contribution in [1.82, 2.24) is 9.97 Å². The van der Waals surface area contributed by atoms with Gasteiger partial charge in [-0.2, -0.15) is 73.7 Å². The van der Waals surface area contributed by atoms with Crippen molar-refractivity contribution in [3.63, 3.8) is 0 Å². The molecule has 0 fully saturated rings. The van der Waals surface area contributed by atoms with E-state index in [-0.39, 0.29) is 34.4 Å². The first kappa shape index (κ1) is 42.3. The third-order valence-corrected chi connectivity index (χ3v) is 9.50. The lowest BCUT2D eigenvalue weighted by molar-refractivity contribution is -0.144. The Balaban J connectivity index is 1.67. The number of halogens is 12. The standard InChI is InChI=1S/C42H16F12N6O2/c43-39(44,45)21-9-11-25(29(13-21)41(49,50)51)23-5-1-3-7-27(23)31-33-36(62-37(59-33)19(15-55)16-56)32(34-35(31)61-38(60-34)20(17-57)18-58)28-8-4-2-6-24(28)26-12-10-22(40(46,47)48)14-30(26)42(52,53)54/h1-14,19-20H. The summed E-state index contributed by atoms with van der Waals surface area (Å²) in [6.07, 6.45) is -21.2. The van der Waals surface area contributed by atoms with Crippen LogP contribution in [0.1, 0.15) is 45.9 Å². The number of rotatable bonds is 6. The molecule has 7 rings (SSSR count). The Morgan fingerprint density at radius 3 is 1.03 bits per heavy atom. The zero-order chi connectivity index (χ0) is 45.1. The third-order valence-electron chi connectivity index (χ3n) is 9.50. The molecule has 0 saturated carbocycles. The second-order valence-corrected chi connectivity index (χ2v) is 13.2. The quantitative estimate of drug-likeness (QED) is 0.150. The Kier molecular flexibility index (Phi) is 10.2. The van der Waals surface area contributed by atoms with Crippen molar-refractivity contribution in [2.75, 3.05) is 0 Å². The molecule has 7 aromatic rings. The van der Waals surface area contributed by atoms with Crippen molar-refractivity contribution in [2.24, 2.45) is 0 Å². The van der Waals surface area contributed by atoms with Gasteiger partial charge in [-0.15, -0.1) is 0 Å². The predicted molar refractivity (Wildman–Crippen MR) is 191 cm³/mol. The average Bonchev–Trinajstić information content (AvgIpc) is 3.84. The van der Waals surface area contributed by atoms with Crippen LogP contribution in [0.5, 0.6) is 0 Å². The summed E-state index contributed by atoms with van der Waals surface area (Å²) in [5.41, 5.74) is -12.6. The van der Waals surface area contributed by atoms with Crippen molar-refractivity contribution in [3.05, 3.63) is 119 Å². The minimum Gasteiger partial charge on any atom is -0.437 e. The third kappa shape index (κ3) is 7.36. The molecule has 0 bridgehead atoms. The van der Waals surface area contributed by atoms with Crippen molar-refractivity contribution in [2.45, 2.75) is 36.5 Å². The largest absolute Gasteiger partial charge is 0.437 e. The van der Waals surface area contributed by atoms with Crippen LogP contribution in [0.4, 0.5) is 52.7 Å². The molecule has 0 amide bonds. The molecule has 0 aliphatic heterocycles. The predicted octanol–water partition coefficient (Wildman–Crippen LogP) is 13.0. The topological polar surface area (TPSA) is 147 Å². The molecule has 5 aromatic carbocycles. The van der Waals surface area contributed by atoms with Gasteiger partial charge < -0.3 is 8.83 Å². The van der Waals surface area contributed by atoms with E-state index < -0.39 is 115 Å². The Morgan fingerprint density at radius 2 is 0.742 bits per heavy atom. The Bertz CT molecular complexity index is 2820. The number of hydrogen-bond acceptors (Lipinski definition) is 8. The Morgan fingerprint density at radius 1 is 0.419 bits per heavy atom. The molecule has 62 heavy (non-hydrogen) atoms. The minimum absolute atomic E-state index is 0.108. The summed E-state index contributed by atoms with van der Waals surface area (Å²) < 4.78 is 182. The van der Waals surface area contributed by atoms with Gasteiger partial charge in [0.2, 0.25) is 23.6 Å². The van der Waals surface area contributed by atoms with Gasteiger partial charge in [-0.05, 0) is 57.6 Å². The maximum atomic E-state index is 14.6. The number of nitriles is 4. The van der Waals surface area contributed by atoms with Gasteiger partial charge >= 0.3 is 24.7 Å². The van der Waals surface area contributed by atoms with Gasteiger partial charge in [0.05, 0.1) is 57.7 Å². The lowest BCUT2D eigenvalue weighted by Crippen LogP contribution is -2.12. The van der Waals surface area contributed by atoms with Crippen LogP contribution < -0.4 is 0 Å². The van der Waals surface area contributed by atoms with Gasteiger partial charge in [-0.25, -0.2) is 9.97 Å². The van der Waals surface area contributed by atoms with Gasteiger partial charge in [0.1, 0.15) is 11.0 Å². The van der Waals surface area contributed by atoms with Crippen molar-refractivity contribution < 1.29 is 61.5 Å². The summed E-state index contributed by atoms with van der Waals surface area (Å²) in [6, 6.07) is 17.8. The summed E-state index contributed by atoms with van der Waals surface area (Å²) in [4.78, 5) is 8.61. The van der Waals surface area contributed by atoms with E-state index in [0.29, 0.717) is 24.3 Å². The summed E-state index contributed by atoms with van der Waals surface area (Å²) in [7, 11) is 0. The monoisotopic (exact) mass is 864 g/mol. The molecule has 310 valence electrons. The fourth-order valence-corrected chi connectivity index (χ4v) is 6.84. The SMILES string of the molecule is N#CC(C#N)c1nc2c(-c3ccccc3-c3ccc(C(F)(F)F)cc3C(F)(F)F)c3oc(C(C#N)C#N)nc3c(-c3ccccc3-c3ccc(C(F)(F)F)cc3C(F)(F)F)c2o1. The Hall–Kier alpha value is -7.84.